The summed E-state index contributed by atoms with van der Waals surface area (Å²) in [6.07, 6.45) is 0.318. The van der Waals surface area contributed by atoms with Gasteiger partial charge in [0.1, 0.15) is 0 Å². The van der Waals surface area contributed by atoms with Crippen LogP contribution < -0.4 is 0 Å². The van der Waals surface area contributed by atoms with Crippen LogP contribution in [0.15, 0.2) is 91.0 Å². The average Bonchev–Trinajstić information content (AvgIpc) is 2.77. The highest BCUT2D eigenvalue weighted by Gasteiger charge is 2.29. The first-order chi connectivity index (χ1) is 14.3. The molecule has 0 bridgehead atoms. The van der Waals surface area contributed by atoms with Gasteiger partial charge < -0.3 is 5.11 Å². The van der Waals surface area contributed by atoms with Crippen LogP contribution in [0.2, 0.25) is 0 Å². The van der Waals surface area contributed by atoms with E-state index >= 15 is 0 Å². The lowest BCUT2D eigenvalue weighted by Crippen LogP contribution is -2.52. The van der Waals surface area contributed by atoms with E-state index in [9.17, 15) is 5.11 Å². The number of aliphatic hydroxyl groups excluding tert-OH is 1. The first kappa shape index (κ1) is 19.8. The van der Waals surface area contributed by atoms with Crippen LogP contribution in [0.1, 0.15) is 29.2 Å². The standard InChI is InChI=1S/C26H30N2O/c29-26(24-14-8-3-9-15-24)18-25-21-27(19-22-10-4-1-5-11-22)16-17-28(25)20-23-12-6-2-7-13-23/h1-15,25-26,29H,16-21H2. The van der Waals surface area contributed by atoms with E-state index in [1.54, 1.807) is 0 Å². The monoisotopic (exact) mass is 386 g/mol. The molecule has 3 aromatic rings. The second-order valence-corrected chi connectivity index (χ2v) is 7.99. The first-order valence-electron chi connectivity index (χ1n) is 10.6. The molecule has 2 unspecified atom stereocenters. The summed E-state index contributed by atoms with van der Waals surface area (Å²) in [4.78, 5) is 5.07. The van der Waals surface area contributed by atoms with Gasteiger partial charge in [-0.25, -0.2) is 0 Å². The molecule has 150 valence electrons. The van der Waals surface area contributed by atoms with E-state index in [0.29, 0.717) is 6.04 Å². The molecule has 0 amide bonds. The number of piperazine rings is 1. The summed E-state index contributed by atoms with van der Waals surface area (Å²) in [6.45, 7) is 4.96. The minimum absolute atomic E-state index is 0.322. The maximum Gasteiger partial charge on any atom is 0.0805 e. The highest BCUT2D eigenvalue weighted by Crippen LogP contribution is 2.25. The Bertz CT molecular complexity index is 854. The molecular weight excluding hydrogens is 356 g/mol. The predicted molar refractivity (Wildman–Crippen MR) is 118 cm³/mol. The minimum Gasteiger partial charge on any atom is -0.388 e. The number of hydrogen-bond acceptors (Lipinski definition) is 3. The molecule has 0 radical (unpaired) electrons. The molecule has 3 aromatic carbocycles. The molecule has 0 spiro atoms. The fraction of sp³-hybridized carbons (Fsp3) is 0.308. The SMILES string of the molecule is OC(CC1CN(Cc2ccccc2)CCN1Cc1ccccc1)c1ccccc1. The highest BCUT2D eigenvalue weighted by molar-refractivity contribution is 5.19. The Kier molecular flexibility index (Phi) is 6.73. The van der Waals surface area contributed by atoms with Crippen molar-refractivity contribution in [2.45, 2.75) is 31.7 Å². The third kappa shape index (κ3) is 5.54. The van der Waals surface area contributed by atoms with Crippen LogP contribution in [0.5, 0.6) is 0 Å². The Morgan fingerprint density at radius 1 is 0.724 bits per heavy atom. The molecule has 3 nitrogen and oxygen atoms in total. The molecule has 0 aliphatic carbocycles. The van der Waals surface area contributed by atoms with Gasteiger partial charge in [0, 0.05) is 38.8 Å². The van der Waals surface area contributed by atoms with Gasteiger partial charge in [0.2, 0.25) is 0 Å². The van der Waals surface area contributed by atoms with Crippen molar-refractivity contribution < 1.29 is 5.11 Å². The molecule has 1 fully saturated rings. The lowest BCUT2D eigenvalue weighted by atomic mass is 9.98. The number of rotatable bonds is 7. The lowest BCUT2D eigenvalue weighted by Gasteiger charge is -2.42. The summed E-state index contributed by atoms with van der Waals surface area (Å²) in [7, 11) is 0. The maximum absolute atomic E-state index is 10.9. The van der Waals surface area contributed by atoms with Gasteiger partial charge in [-0.05, 0) is 23.1 Å². The summed E-state index contributed by atoms with van der Waals surface area (Å²) in [6, 6.07) is 31.7. The molecule has 0 aromatic heterocycles. The summed E-state index contributed by atoms with van der Waals surface area (Å²) in [5.41, 5.74) is 3.70. The van der Waals surface area contributed by atoms with E-state index in [2.05, 4.69) is 70.5 Å². The average molecular weight is 387 g/mol. The first-order valence-corrected chi connectivity index (χ1v) is 10.6. The third-order valence-corrected chi connectivity index (χ3v) is 5.85. The molecule has 1 aliphatic heterocycles. The fourth-order valence-electron chi connectivity index (χ4n) is 4.26. The number of nitrogens with zero attached hydrogens (tertiary/aromatic N) is 2. The van der Waals surface area contributed by atoms with Crippen LogP contribution in [0.25, 0.3) is 0 Å². The van der Waals surface area contributed by atoms with E-state index in [0.717, 1.165) is 44.7 Å². The smallest absolute Gasteiger partial charge is 0.0805 e. The quantitative estimate of drug-likeness (QED) is 0.648. The van der Waals surface area contributed by atoms with E-state index in [-0.39, 0.29) is 0 Å². The largest absolute Gasteiger partial charge is 0.388 e. The lowest BCUT2D eigenvalue weighted by molar-refractivity contribution is 0.0299. The molecular formula is C26H30N2O. The Labute approximate surface area is 174 Å². The van der Waals surface area contributed by atoms with Crippen molar-refractivity contribution in [2.75, 3.05) is 19.6 Å². The van der Waals surface area contributed by atoms with E-state index in [1.807, 2.05) is 30.3 Å². The van der Waals surface area contributed by atoms with Crippen molar-refractivity contribution in [3.8, 4) is 0 Å². The highest BCUT2D eigenvalue weighted by atomic mass is 16.3. The molecule has 1 saturated heterocycles. The van der Waals surface area contributed by atoms with Gasteiger partial charge in [0.05, 0.1) is 6.10 Å². The molecule has 1 heterocycles. The fourth-order valence-corrected chi connectivity index (χ4v) is 4.26. The van der Waals surface area contributed by atoms with Crippen LogP contribution in [0, 0.1) is 0 Å². The topological polar surface area (TPSA) is 26.7 Å². The van der Waals surface area contributed by atoms with Gasteiger partial charge >= 0.3 is 0 Å². The summed E-state index contributed by atoms with van der Waals surface area (Å²) in [5, 5.41) is 10.9. The zero-order valence-electron chi connectivity index (χ0n) is 16.9. The zero-order chi connectivity index (χ0) is 19.9. The molecule has 1 aliphatic rings. The summed E-state index contributed by atoms with van der Waals surface area (Å²) < 4.78 is 0. The van der Waals surface area contributed by atoms with Gasteiger partial charge in [-0.3, -0.25) is 9.80 Å². The number of benzene rings is 3. The second-order valence-electron chi connectivity index (χ2n) is 7.99. The van der Waals surface area contributed by atoms with Crippen LogP contribution >= 0.6 is 0 Å². The van der Waals surface area contributed by atoms with Crippen molar-refractivity contribution in [3.63, 3.8) is 0 Å². The van der Waals surface area contributed by atoms with Crippen molar-refractivity contribution in [1.29, 1.82) is 0 Å². The molecule has 1 N–H and O–H groups in total. The Morgan fingerprint density at radius 2 is 1.28 bits per heavy atom. The van der Waals surface area contributed by atoms with Crippen molar-refractivity contribution >= 4 is 0 Å². The molecule has 3 heteroatoms. The number of aliphatic hydroxyl groups is 1. The third-order valence-electron chi connectivity index (χ3n) is 5.85. The van der Waals surface area contributed by atoms with Crippen LogP contribution in [0.4, 0.5) is 0 Å². The summed E-state index contributed by atoms with van der Waals surface area (Å²) in [5.74, 6) is 0. The second kappa shape index (κ2) is 9.84. The summed E-state index contributed by atoms with van der Waals surface area (Å²) >= 11 is 0. The molecule has 4 rings (SSSR count). The molecule has 0 saturated carbocycles. The predicted octanol–water partition coefficient (Wildman–Crippen LogP) is 4.50. The minimum atomic E-state index is -0.434. The Morgan fingerprint density at radius 3 is 1.90 bits per heavy atom. The Balaban J connectivity index is 1.47. The van der Waals surface area contributed by atoms with E-state index in [1.165, 1.54) is 11.1 Å². The van der Waals surface area contributed by atoms with Crippen LogP contribution in [0.3, 0.4) is 0 Å². The van der Waals surface area contributed by atoms with Gasteiger partial charge in [0.25, 0.3) is 0 Å². The van der Waals surface area contributed by atoms with Gasteiger partial charge in [-0.15, -0.1) is 0 Å². The van der Waals surface area contributed by atoms with Gasteiger partial charge in [-0.1, -0.05) is 91.0 Å². The van der Waals surface area contributed by atoms with Crippen LogP contribution in [-0.2, 0) is 13.1 Å². The maximum atomic E-state index is 10.9. The van der Waals surface area contributed by atoms with E-state index in [4.69, 9.17) is 0 Å². The van der Waals surface area contributed by atoms with Crippen LogP contribution in [-0.4, -0.2) is 40.6 Å². The van der Waals surface area contributed by atoms with Gasteiger partial charge in [-0.2, -0.15) is 0 Å². The molecule has 2 atom stereocenters. The van der Waals surface area contributed by atoms with Crippen molar-refractivity contribution in [3.05, 3.63) is 108 Å². The zero-order valence-corrected chi connectivity index (χ0v) is 16.9. The number of hydrogen-bond donors (Lipinski definition) is 1. The normalized spacial score (nSPS) is 19.1. The van der Waals surface area contributed by atoms with Crippen molar-refractivity contribution in [1.82, 2.24) is 9.80 Å². The molecule has 29 heavy (non-hydrogen) atoms. The van der Waals surface area contributed by atoms with Crippen molar-refractivity contribution in [2.24, 2.45) is 0 Å². The Hall–Kier alpha value is -2.46. The van der Waals surface area contributed by atoms with E-state index < -0.39 is 6.10 Å². The van der Waals surface area contributed by atoms with Gasteiger partial charge in [0.15, 0.2) is 0 Å².